The zero-order valence-corrected chi connectivity index (χ0v) is 10.7. The lowest BCUT2D eigenvalue weighted by Crippen LogP contribution is -2.37. The van der Waals surface area contributed by atoms with Gasteiger partial charge in [0.25, 0.3) is 5.91 Å². The molecule has 3 unspecified atom stereocenters. The number of amides is 2. The van der Waals surface area contributed by atoms with E-state index in [-0.39, 0.29) is 23.8 Å². The Hall–Kier alpha value is -1.26. The summed E-state index contributed by atoms with van der Waals surface area (Å²) >= 11 is 0. The van der Waals surface area contributed by atoms with Crippen LogP contribution in [0, 0.1) is 11.8 Å². The molecular weight excluding hydrogens is 230 g/mol. The van der Waals surface area contributed by atoms with Crippen molar-refractivity contribution in [1.29, 1.82) is 0 Å². The molecule has 2 aliphatic heterocycles. The number of nitrogens with zero attached hydrogens (tertiary/aromatic N) is 3. The van der Waals surface area contributed by atoms with Crippen molar-refractivity contribution in [2.75, 3.05) is 6.54 Å². The summed E-state index contributed by atoms with van der Waals surface area (Å²) in [6.45, 7) is 2.47. The molecule has 3 atom stereocenters. The van der Waals surface area contributed by atoms with Crippen LogP contribution >= 0.6 is 0 Å². The van der Waals surface area contributed by atoms with E-state index in [0.29, 0.717) is 12.5 Å². The Morgan fingerprint density at radius 3 is 2.50 bits per heavy atom. The van der Waals surface area contributed by atoms with Crippen LogP contribution < -0.4 is 0 Å². The van der Waals surface area contributed by atoms with Crippen molar-refractivity contribution in [1.82, 2.24) is 4.90 Å². The lowest BCUT2D eigenvalue weighted by Gasteiger charge is -2.26. The van der Waals surface area contributed by atoms with Crippen LogP contribution in [0.2, 0.25) is 0 Å². The summed E-state index contributed by atoms with van der Waals surface area (Å²) < 4.78 is 0. The first-order valence-corrected chi connectivity index (χ1v) is 6.93. The molecule has 5 heteroatoms. The number of hydrogen-bond donors (Lipinski definition) is 0. The summed E-state index contributed by atoms with van der Waals surface area (Å²) in [5.74, 6) is 0.00978. The number of rotatable bonds is 2. The summed E-state index contributed by atoms with van der Waals surface area (Å²) in [6, 6.07) is -0.654. The van der Waals surface area contributed by atoms with E-state index in [0.717, 1.165) is 12.8 Å². The minimum atomic E-state index is -0.518. The Morgan fingerprint density at radius 2 is 1.83 bits per heavy atom. The maximum atomic E-state index is 12.3. The van der Waals surface area contributed by atoms with E-state index in [1.54, 1.807) is 0 Å². The maximum Gasteiger partial charge on any atom is 0.256 e. The number of fused-ring (bicyclic) bond motifs is 1. The highest BCUT2D eigenvalue weighted by Gasteiger charge is 2.53. The van der Waals surface area contributed by atoms with E-state index in [2.05, 4.69) is 10.2 Å². The molecule has 18 heavy (non-hydrogen) atoms. The largest absolute Gasteiger partial charge is 0.280 e. The molecule has 0 aromatic rings. The van der Waals surface area contributed by atoms with E-state index < -0.39 is 6.04 Å². The molecule has 0 aromatic carbocycles. The Balaban J connectivity index is 1.71. The zero-order valence-electron chi connectivity index (χ0n) is 10.7. The summed E-state index contributed by atoms with van der Waals surface area (Å²) in [4.78, 5) is 25.9. The van der Waals surface area contributed by atoms with Crippen LogP contribution in [-0.2, 0) is 9.59 Å². The van der Waals surface area contributed by atoms with Gasteiger partial charge in [0, 0.05) is 6.54 Å². The van der Waals surface area contributed by atoms with Crippen LogP contribution in [0.4, 0.5) is 0 Å². The van der Waals surface area contributed by atoms with Crippen molar-refractivity contribution in [3.63, 3.8) is 0 Å². The summed E-state index contributed by atoms with van der Waals surface area (Å²) in [5.41, 5.74) is 0. The van der Waals surface area contributed by atoms with Crippen molar-refractivity contribution < 1.29 is 9.59 Å². The third-order valence-electron chi connectivity index (χ3n) is 4.47. The first-order chi connectivity index (χ1) is 8.68. The van der Waals surface area contributed by atoms with Crippen LogP contribution in [0.15, 0.2) is 10.2 Å². The number of azo groups is 1. The summed E-state index contributed by atoms with van der Waals surface area (Å²) in [7, 11) is 0. The molecule has 2 fully saturated rings. The third-order valence-corrected chi connectivity index (χ3v) is 4.47. The minimum absolute atomic E-state index is 0.0481. The van der Waals surface area contributed by atoms with Crippen molar-refractivity contribution in [2.45, 2.75) is 51.1 Å². The highest BCUT2D eigenvalue weighted by Crippen LogP contribution is 2.34. The first kappa shape index (κ1) is 11.8. The van der Waals surface area contributed by atoms with Crippen LogP contribution in [-0.4, -0.2) is 35.3 Å². The molecule has 0 bridgehead atoms. The molecule has 5 nitrogen and oxygen atoms in total. The Kier molecular flexibility index (Phi) is 2.92. The lowest BCUT2D eigenvalue weighted by molar-refractivity contribution is -0.140. The second-order valence-electron chi connectivity index (χ2n) is 5.73. The molecule has 1 saturated heterocycles. The Bertz CT molecular complexity index is 401. The van der Waals surface area contributed by atoms with Gasteiger partial charge in [-0.25, -0.2) is 0 Å². The van der Waals surface area contributed by atoms with E-state index in [1.807, 2.05) is 6.92 Å². The predicted molar refractivity (Wildman–Crippen MR) is 64.9 cm³/mol. The molecule has 2 amide bonds. The van der Waals surface area contributed by atoms with E-state index in [4.69, 9.17) is 0 Å². The molecule has 2 heterocycles. The van der Waals surface area contributed by atoms with Gasteiger partial charge in [-0.1, -0.05) is 19.3 Å². The van der Waals surface area contributed by atoms with Crippen LogP contribution in [0.3, 0.4) is 0 Å². The molecule has 0 aromatic heterocycles. The highest BCUT2D eigenvalue weighted by atomic mass is 16.2. The van der Waals surface area contributed by atoms with Gasteiger partial charge in [0.15, 0.2) is 6.04 Å². The van der Waals surface area contributed by atoms with Gasteiger partial charge in [-0.3, -0.25) is 14.5 Å². The quantitative estimate of drug-likeness (QED) is 0.700. The molecule has 98 valence electrons. The molecule has 0 spiro atoms. The van der Waals surface area contributed by atoms with Crippen molar-refractivity contribution in [3.8, 4) is 0 Å². The number of carbonyl (C=O) groups is 2. The van der Waals surface area contributed by atoms with Crippen molar-refractivity contribution in [2.24, 2.45) is 22.1 Å². The fraction of sp³-hybridized carbons (Fsp3) is 0.846. The van der Waals surface area contributed by atoms with Gasteiger partial charge in [-0.15, -0.1) is 0 Å². The maximum absolute atomic E-state index is 12.3. The minimum Gasteiger partial charge on any atom is -0.280 e. The van der Waals surface area contributed by atoms with Crippen LogP contribution in [0.5, 0.6) is 0 Å². The fourth-order valence-electron chi connectivity index (χ4n) is 3.38. The number of imide groups is 1. The van der Waals surface area contributed by atoms with Gasteiger partial charge < -0.3 is 0 Å². The molecule has 0 N–H and O–H groups in total. The van der Waals surface area contributed by atoms with E-state index in [1.165, 1.54) is 24.2 Å². The van der Waals surface area contributed by atoms with Gasteiger partial charge in [0.2, 0.25) is 5.91 Å². The average Bonchev–Trinajstić information content (AvgIpc) is 2.87. The SMILES string of the molecule is CC1N=NC2C(=O)N(CC3CCCCC3)C(=O)C12. The van der Waals surface area contributed by atoms with Crippen LogP contribution in [0.1, 0.15) is 39.0 Å². The Morgan fingerprint density at radius 1 is 1.11 bits per heavy atom. The van der Waals surface area contributed by atoms with Gasteiger partial charge in [0.05, 0.1) is 12.0 Å². The first-order valence-electron chi connectivity index (χ1n) is 6.93. The normalized spacial score (nSPS) is 36.5. The molecule has 3 rings (SSSR count). The Labute approximate surface area is 107 Å². The highest BCUT2D eigenvalue weighted by molar-refractivity contribution is 6.07. The summed E-state index contributed by atoms with van der Waals surface area (Å²) in [6.07, 6.45) is 6.02. The average molecular weight is 249 g/mol. The second kappa shape index (κ2) is 4.44. The zero-order chi connectivity index (χ0) is 12.7. The fourth-order valence-corrected chi connectivity index (χ4v) is 3.38. The van der Waals surface area contributed by atoms with Gasteiger partial charge >= 0.3 is 0 Å². The smallest absolute Gasteiger partial charge is 0.256 e. The molecule has 3 aliphatic rings. The van der Waals surface area contributed by atoms with Crippen LogP contribution in [0.25, 0.3) is 0 Å². The standard InChI is InChI=1S/C13H19N3O2/c1-8-10-11(15-14-8)13(18)16(12(10)17)7-9-5-3-2-4-6-9/h8-11H,2-7H2,1H3. The van der Waals surface area contributed by atoms with Crippen molar-refractivity contribution >= 4 is 11.8 Å². The van der Waals surface area contributed by atoms with Gasteiger partial charge in [-0.05, 0) is 25.7 Å². The number of hydrogen-bond acceptors (Lipinski definition) is 4. The second-order valence-corrected chi connectivity index (χ2v) is 5.73. The number of carbonyl (C=O) groups excluding carboxylic acids is 2. The lowest BCUT2D eigenvalue weighted by atomic mass is 9.89. The molecule has 1 saturated carbocycles. The summed E-state index contributed by atoms with van der Waals surface area (Å²) in [5, 5.41) is 7.93. The molecule has 0 radical (unpaired) electrons. The monoisotopic (exact) mass is 249 g/mol. The van der Waals surface area contributed by atoms with E-state index >= 15 is 0 Å². The topological polar surface area (TPSA) is 62.1 Å². The number of likely N-dealkylation sites (tertiary alicyclic amines) is 1. The van der Waals surface area contributed by atoms with Gasteiger partial charge in [0.1, 0.15) is 0 Å². The molecular formula is C13H19N3O2. The van der Waals surface area contributed by atoms with Crippen molar-refractivity contribution in [3.05, 3.63) is 0 Å². The van der Waals surface area contributed by atoms with Gasteiger partial charge in [-0.2, -0.15) is 10.2 Å². The predicted octanol–water partition coefficient (Wildman–Crippen LogP) is 1.77. The third kappa shape index (κ3) is 1.76. The molecule has 1 aliphatic carbocycles. The van der Waals surface area contributed by atoms with E-state index in [9.17, 15) is 9.59 Å².